The van der Waals surface area contributed by atoms with E-state index in [4.69, 9.17) is 0 Å². The molecule has 0 unspecified atom stereocenters. The zero-order chi connectivity index (χ0) is 24.1. The second kappa shape index (κ2) is 10.7. The molecular formula is C27H29N5OS. The monoisotopic (exact) mass is 471 g/mol. The highest BCUT2D eigenvalue weighted by Crippen LogP contribution is 2.30. The minimum Gasteiger partial charge on any atom is -0.325 e. The van der Waals surface area contributed by atoms with Crippen molar-refractivity contribution in [3.8, 4) is 17.1 Å². The largest absolute Gasteiger partial charge is 0.325 e. The van der Waals surface area contributed by atoms with E-state index in [1.54, 1.807) is 12.4 Å². The van der Waals surface area contributed by atoms with E-state index < -0.39 is 0 Å². The number of carbonyl (C=O) groups excluding carboxylic acids is 1. The molecule has 0 saturated heterocycles. The van der Waals surface area contributed by atoms with Gasteiger partial charge in [0.2, 0.25) is 5.91 Å². The standard InChI is InChI=1S/C27H29N5OS/c1-5-18(2)23-8-6-7-9-24(23)29-25(33)17-34-27-31-30-26(21-12-14-28-15-13-21)32(27)22-11-10-19(3)20(4)16-22/h6-16,18H,5,17H2,1-4H3,(H,29,33)/t18-/m1/s1. The predicted octanol–water partition coefficient (Wildman–Crippen LogP) is 6.19. The molecule has 0 radical (unpaired) electrons. The molecule has 6 nitrogen and oxygen atoms in total. The number of benzene rings is 2. The van der Waals surface area contributed by atoms with Gasteiger partial charge in [0.15, 0.2) is 11.0 Å². The van der Waals surface area contributed by atoms with Crippen molar-refractivity contribution >= 4 is 23.4 Å². The minimum atomic E-state index is -0.0687. The lowest BCUT2D eigenvalue weighted by atomic mass is 9.97. The van der Waals surface area contributed by atoms with E-state index in [0.29, 0.717) is 11.1 Å². The number of nitrogens with one attached hydrogen (secondary N) is 1. The first-order valence-corrected chi connectivity index (χ1v) is 12.4. The Morgan fingerprint density at radius 3 is 2.53 bits per heavy atom. The van der Waals surface area contributed by atoms with E-state index in [2.05, 4.69) is 72.5 Å². The maximum atomic E-state index is 12.9. The highest BCUT2D eigenvalue weighted by molar-refractivity contribution is 7.99. The van der Waals surface area contributed by atoms with E-state index in [1.165, 1.54) is 22.9 Å². The molecule has 4 rings (SSSR count). The van der Waals surface area contributed by atoms with Gasteiger partial charge in [-0.2, -0.15) is 0 Å². The van der Waals surface area contributed by atoms with Crippen LogP contribution in [0.4, 0.5) is 5.69 Å². The van der Waals surface area contributed by atoms with Gasteiger partial charge in [0.05, 0.1) is 11.4 Å². The molecule has 174 valence electrons. The van der Waals surface area contributed by atoms with Crippen molar-refractivity contribution in [2.75, 3.05) is 11.1 Å². The first-order valence-electron chi connectivity index (χ1n) is 11.4. The van der Waals surface area contributed by atoms with Crippen LogP contribution in [0.15, 0.2) is 72.1 Å². The third kappa shape index (κ3) is 5.20. The number of hydrogen-bond acceptors (Lipinski definition) is 5. The highest BCUT2D eigenvalue weighted by atomic mass is 32.2. The quantitative estimate of drug-likeness (QED) is 0.310. The van der Waals surface area contributed by atoms with Crippen molar-refractivity contribution < 1.29 is 4.79 Å². The van der Waals surface area contributed by atoms with E-state index in [-0.39, 0.29) is 11.7 Å². The molecule has 1 N–H and O–H groups in total. The number of thioether (sulfide) groups is 1. The zero-order valence-corrected chi connectivity index (χ0v) is 20.8. The second-order valence-corrected chi connectivity index (χ2v) is 9.32. The Labute approximate surface area is 204 Å². The van der Waals surface area contributed by atoms with Crippen molar-refractivity contribution in [3.05, 3.63) is 83.7 Å². The maximum absolute atomic E-state index is 12.9. The van der Waals surface area contributed by atoms with E-state index in [9.17, 15) is 4.79 Å². The van der Waals surface area contributed by atoms with Crippen LogP contribution >= 0.6 is 11.8 Å². The van der Waals surface area contributed by atoms with Gasteiger partial charge in [0.1, 0.15) is 0 Å². The van der Waals surface area contributed by atoms with Crippen LogP contribution in [0.25, 0.3) is 17.1 Å². The Balaban J connectivity index is 1.60. The summed E-state index contributed by atoms with van der Waals surface area (Å²) in [5.74, 6) is 1.25. The summed E-state index contributed by atoms with van der Waals surface area (Å²) in [6.45, 7) is 8.50. The fourth-order valence-electron chi connectivity index (χ4n) is 3.73. The van der Waals surface area contributed by atoms with Crippen molar-refractivity contribution in [1.82, 2.24) is 19.7 Å². The molecule has 4 aromatic rings. The summed E-state index contributed by atoms with van der Waals surface area (Å²) in [4.78, 5) is 17.0. The molecule has 0 aliphatic carbocycles. The number of hydrogen-bond donors (Lipinski definition) is 1. The molecule has 7 heteroatoms. The van der Waals surface area contributed by atoms with Crippen molar-refractivity contribution in [3.63, 3.8) is 0 Å². The summed E-state index contributed by atoms with van der Waals surface area (Å²) in [6.07, 6.45) is 4.49. The molecule has 0 fully saturated rings. The summed E-state index contributed by atoms with van der Waals surface area (Å²) in [6, 6.07) is 18.1. The lowest BCUT2D eigenvalue weighted by Crippen LogP contribution is -2.16. The number of anilines is 1. The fraction of sp³-hybridized carbons (Fsp3) is 0.259. The third-order valence-corrected chi connectivity index (χ3v) is 6.96. The average Bonchev–Trinajstić information content (AvgIpc) is 3.29. The normalized spacial score (nSPS) is 11.9. The van der Waals surface area contributed by atoms with Crippen LogP contribution < -0.4 is 5.32 Å². The first kappa shape index (κ1) is 23.7. The highest BCUT2D eigenvalue weighted by Gasteiger charge is 2.18. The number of nitrogens with zero attached hydrogens (tertiary/aromatic N) is 4. The van der Waals surface area contributed by atoms with Crippen LogP contribution in [-0.4, -0.2) is 31.4 Å². The Morgan fingerprint density at radius 1 is 1.03 bits per heavy atom. The molecule has 0 bridgehead atoms. The Kier molecular flexibility index (Phi) is 7.43. The summed E-state index contributed by atoms with van der Waals surface area (Å²) < 4.78 is 2.01. The molecule has 2 heterocycles. The second-order valence-electron chi connectivity index (χ2n) is 8.38. The maximum Gasteiger partial charge on any atom is 0.234 e. The molecular weight excluding hydrogens is 442 g/mol. The van der Waals surface area contributed by atoms with E-state index in [0.717, 1.165) is 34.7 Å². The van der Waals surface area contributed by atoms with Crippen LogP contribution in [0, 0.1) is 13.8 Å². The number of para-hydroxylation sites is 1. The van der Waals surface area contributed by atoms with E-state index in [1.807, 2.05) is 34.9 Å². The molecule has 0 saturated carbocycles. The van der Waals surface area contributed by atoms with Gasteiger partial charge in [-0.05, 0) is 73.2 Å². The molecule has 2 aromatic heterocycles. The molecule has 0 aliphatic heterocycles. The average molecular weight is 472 g/mol. The van der Waals surface area contributed by atoms with Gasteiger partial charge in [-0.3, -0.25) is 14.3 Å². The smallest absolute Gasteiger partial charge is 0.234 e. The molecule has 2 aromatic carbocycles. The third-order valence-electron chi connectivity index (χ3n) is 6.03. The number of rotatable bonds is 8. The van der Waals surface area contributed by atoms with Crippen LogP contribution in [0.5, 0.6) is 0 Å². The lowest BCUT2D eigenvalue weighted by molar-refractivity contribution is -0.113. The predicted molar refractivity (Wildman–Crippen MR) is 139 cm³/mol. The zero-order valence-electron chi connectivity index (χ0n) is 19.9. The van der Waals surface area contributed by atoms with Crippen LogP contribution in [0.3, 0.4) is 0 Å². The Bertz CT molecular complexity index is 1290. The first-order chi connectivity index (χ1) is 16.5. The van der Waals surface area contributed by atoms with Gasteiger partial charge in [-0.1, -0.05) is 49.9 Å². The summed E-state index contributed by atoms with van der Waals surface area (Å²) in [5.41, 5.74) is 6.31. The Morgan fingerprint density at radius 2 is 1.79 bits per heavy atom. The number of aryl methyl sites for hydroxylation is 2. The number of carbonyl (C=O) groups is 1. The van der Waals surface area contributed by atoms with Crippen molar-refractivity contribution in [2.24, 2.45) is 0 Å². The van der Waals surface area contributed by atoms with Gasteiger partial charge < -0.3 is 5.32 Å². The SMILES string of the molecule is CC[C@@H](C)c1ccccc1NC(=O)CSc1nnc(-c2ccncc2)n1-c1ccc(C)c(C)c1. The van der Waals surface area contributed by atoms with Gasteiger partial charge in [0.25, 0.3) is 0 Å². The van der Waals surface area contributed by atoms with Gasteiger partial charge in [-0.15, -0.1) is 10.2 Å². The van der Waals surface area contributed by atoms with Crippen molar-refractivity contribution in [1.29, 1.82) is 0 Å². The number of amides is 1. The Hall–Kier alpha value is -3.45. The van der Waals surface area contributed by atoms with Gasteiger partial charge in [0, 0.05) is 23.6 Å². The van der Waals surface area contributed by atoms with Crippen LogP contribution in [-0.2, 0) is 4.79 Å². The van der Waals surface area contributed by atoms with Crippen LogP contribution in [0.2, 0.25) is 0 Å². The number of pyridine rings is 1. The molecule has 1 atom stereocenters. The number of aromatic nitrogens is 4. The molecule has 0 aliphatic rings. The molecule has 34 heavy (non-hydrogen) atoms. The van der Waals surface area contributed by atoms with Crippen LogP contribution in [0.1, 0.15) is 42.9 Å². The minimum absolute atomic E-state index is 0.0687. The summed E-state index contributed by atoms with van der Waals surface area (Å²) in [7, 11) is 0. The summed E-state index contributed by atoms with van der Waals surface area (Å²) >= 11 is 1.38. The van der Waals surface area contributed by atoms with Crippen molar-refractivity contribution in [2.45, 2.75) is 45.2 Å². The van der Waals surface area contributed by atoms with Gasteiger partial charge >= 0.3 is 0 Å². The summed E-state index contributed by atoms with van der Waals surface area (Å²) in [5, 5.41) is 12.6. The lowest BCUT2D eigenvalue weighted by Gasteiger charge is -2.15. The topological polar surface area (TPSA) is 72.7 Å². The van der Waals surface area contributed by atoms with Gasteiger partial charge in [-0.25, -0.2) is 0 Å². The van der Waals surface area contributed by atoms with E-state index >= 15 is 0 Å². The molecule has 0 spiro atoms. The fourth-order valence-corrected chi connectivity index (χ4v) is 4.48. The molecule has 1 amide bonds.